The topological polar surface area (TPSA) is 97.4 Å². The Balaban J connectivity index is 2.08. The molecule has 7 nitrogen and oxygen atoms in total. The minimum atomic E-state index is -5.38. The fourth-order valence-corrected chi connectivity index (χ4v) is 3.73. The molecule has 212 valence electrons. The van der Waals surface area contributed by atoms with E-state index in [-0.39, 0.29) is 24.9 Å². The number of allylic oxidation sites excluding steroid dienone is 1. The van der Waals surface area contributed by atoms with Crippen molar-refractivity contribution in [2.24, 2.45) is 10.7 Å². The van der Waals surface area contributed by atoms with E-state index in [1.165, 1.54) is 0 Å². The van der Waals surface area contributed by atoms with Crippen LogP contribution in [-0.4, -0.2) is 49.8 Å². The van der Waals surface area contributed by atoms with Crippen LogP contribution in [0, 0.1) is 5.82 Å². The Hall–Kier alpha value is -3.65. The molecule has 1 fully saturated rings. The number of benzene rings is 2. The lowest BCUT2D eigenvalue weighted by atomic mass is 9.96. The standard InChI is InChI=1S/C25H24F7N3O4/c1-35(18-5-3-17(26)4-6-18)22(36)39-21-19(9-16(24(27,28)29)10-20(21)25(30,31)32)15(11-33)12-34-13-23(37)7-2-8-38-14-23/h3-6,9-12,37H,2,7-8,13-14,33H2,1H3/b15-11+,34-12?. The lowest BCUT2D eigenvalue weighted by molar-refractivity contribution is -0.143. The summed E-state index contributed by atoms with van der Waals surface area (Å²) in [6.07, 6.45) is -9.58. The maximum atomic E-state index is 14.0. The average molecular weight is 563 g/mol. The quantitative estimate of drug-likeness (QED) is 0.362. The molecule has 0 radical (unpaired) electrons. The second kappa shape index (κ2) is 11.6. The number of carbonyl (C=O) groups excluding carboxylic acids is 1. The van der Waals surface area contributed by atoms with Crippen molar-refractivity contribution in [2.75, 3.05) is 31.7 Å². The first-order valence-electron chi connectivity index (χ1n) is 11.4. The minimum absolute atomic E-state index is 0.0301. The molecular weight excluding hydrogens is 539 g/mol. The molecule has 1 aliphatic heterocycles. The number of hydrogen-bond donors (Lipinski definition) is 2. The first-order chi connectivity index (χ1) is 18.1. The molecule has 0 saturated carbocycles. The molecule has 39 heavy (non-hydrogen) atoms. The number of ether oxygens (including phenoxy) is 2. The summed E-state index contributed by atoms with van der Waals surface area (Å²) >= 11 is 0. The highest BCUT2D eigenvalue weighted by atomic mass is 19.4. The monoisotopic (exact) mass is 563 g/mol. The second-order valence-electron chi connectivity index (χ2n) is 8.77. The van der Waals surface area contributed by atoms with Gasteiger partial charge in [-0.15, -0.1) is 0 Å². The third-order valence-electron chi connectivity index (χ3n) is 5.81. The number of anilines is 1. The van der Waals surface area contributed by atoms with Crippen LogP contribution in [-0.2, 0) is 17.1 Å². The lowest BCUT2D eigenvalue weighted by Crippen LogP contribution is -2.41. The number of amides is 1. The molecule has 1 amide bonds. The van der Waals surface area contributed by atoms with Gasteiger partial charge in [0.25, 0.3) is 0 Å². The van der Waals surface area contributed by atoms with Crippen molar-refractivity contribution in [3.05, 3.63) is 65.1 Å². The van der Waals surface area contributed by atoms with Crippen LogP contribution in [0.2, 0.25) is 0 Å². The minimum Gasteiger partial charge on any atom is -0.409 e. The summed E-state index contributed by atoms with van der Waals surface area (Å²) < 4.78 is 106. The second-order valence-corrected chi connectivity index (χ2v) is 8.77. The van der Waals surface area contributed by atoms with Gasteiger partial charge < -0.3 is 20.3 Å². The van der Waals surface area contributed by atoms with E-state index in [2.05, 4.69) is 4.99 Å². The summed E-state index contributed by atoms with van der Waals surface area (Å²) in [5.41, 5.74) is -0.636. The largest absolute Gasteiger partial charge is 0.420 e. The molecule has 0 aliphatic carbocycles. The molecule has 14 heteroatoms. The molecule has 1 saturated heterocycles. The van der Waals surface area contributed by atoms with Crippen LogP contribution in [0.4, 0.5) is 41.2 Å². The van der Waals surface area contributed by atoms with Crippen molar-refractivity contribution in [1.82, 2.24) is 0 Å². The van der Waals surface area contributed by atoms with Crippen LogP contribution < -0.4 is 15.4 Å². The van der Waals surface area contributed by atoms with Gasteiger partial charge in [0.2, 0.25) is 0 Å². The van der Waals surface area contributed by atoms with E-state index in [0.29, 0.717) is 31.7 Å². The molecule has 1 unspecified atom stereocenters. The number of aliphatic hydroxyl groups is 1. The van der Waals surface area contributed by atoms with Crippen molar-refractivity contribution in [2.45, 2.75) is 30.8 Å². The highest BCUT2D eigenvalue weighted by molar-refractivity contribution is 6.11. The van der Waals surface area contributed by atoms with Gasteiger partial charge in [0.05, 0.1) is 24.3 Å². The maximum absolute atomic E-state index is 14.0. The van der Waals surface area contributed by atoms with Crippen molar-refractivity contribution in [3.8, 4) is 5.75 Å². The Bertz CT molecular complexity index is 1240. The van der Waals surface area contributed by atoms with Crippen LogP contribution in [0.3, 0.4) is 0 Å². The zero-order chi connectivity index (χ0) is 29.0. The summed E-state index contributed by atoms with van der Waals surface area (Å²) in [7, 11) is 1.11. The zero-order valence-electron chi connectivity index (χ0n) is 20.4. The number of rotatable bonds is 6. The SMILES string of the molecule is CN(C(=O)Oc1c(/C(C=NCC2(O)CCCOC2)=C/N)cc(C(F)(F)F)cc1C(F)(F)F)c1ccc(F)cc1. The predicted molar refractivity (Wildman–Crippen MR) is 128 cm³/mol. The molecule has 0 bridgehead atoms. The van der Waals surface area contributed by atoms with E-state index in [4.69, 9.17) is 15.2 Å². The Morgan fingerprint density at radius 1 is 1.18 bits per heavy atom. The van der Waals surface area contributed by atoms with Gasteiger partial charge in [0, 0.05) is 42.9 Å². The molecular formula is C25H24F7N3O4. The number of hydrogen-bond acceptors (Lipinski definition) is 6. The van der Waals surface area contributed by atoms with Crippen LogP contribution >= 0.6 is 0 Å². The van der Waals surface area contributed by atoms with Gasteiger partial charge in [-0.1, -0.05) is 0 Å². The molecule has 2 aromatic carbocycles. The predicted octanol–water partition coefficient (Wildman–Crippen LogP) is 5.41. The van der Waals surface area contributed by atoms with Crippen LogP contribution in [0.25, 0.3) is 5.57 Å². The van der Waals surface area contributed by atoms with Gasteiger partial charge in [0.15, 0.2) is 5.75 Å². The van der Waals surface area contributed by atoms with Crippen LogP contribution in [0.15, 0.2) is 47.6 Å². The molecule has 1 aliphatic rings. The first kappa shape index (κ1) is 29.9. The Morgan fingerprint density at radius 3 is 2.38 bits per heavy atom. The van der Waals surface area contributed by atoms with Crippen molar-refractivity contribution in [3.63, 3.8) is 0 Å². The van der Waals surface area contributed by atoms with E-state index >= 15 is 0 Å². The van der Waals surface area contributed by atoms with Gasteiger partial charge in [-0.2, -0.15) is 26.3 Å². The van der Waals surface area contributed by atoms with Gasteiger partial charge in [-0.25, -0.2) is 9.18 Å². The normalized spacial score (nSPS) is 18.8. The zero-order valence-corrected chi connectivity index (χ0v) is 20.4. The van der Waals surface area contributed by atoms with E-state index in [0.717, 1.165) is 42.4 Å². The number of carbonyl (C=O) groups is 1. The fraction of sp³-hybridized carbons (Fsp3) is 0.360. The highest BCUT2D eigenvalue weighted by Crippen LogP contribution is 2.44. The summed E-state index contributed by atoms with van der Waals surface area (Å²) in [5, 5.41) is 10.5. The number of alkyl halides is 6. The fourth-order valence-electron chi connectivity index (χ4n) is 3.73. The summed E-state index contributed by atoms with van der Waals surface area (Å²) in [4.78, 5) is 17.5. The number of nitrogens with zero attached hydrogens (tertiary/aromatic N) is 2. The Morgan fingerprint density at radius 2 is 1.85 bits per heavy atom. The van der Waals surface area contributed by atoms with Gasteiger partial charge >= 0.3 is 18.4 Å². The summed E-state index contributed by atoms with van der Waals surface area (Å²) in [6, 6.07) is 4.43. The summed E-state index contributed by atoms with van der Waals surface area (Å²) in [6.45, 7) is 0.0791. The summed E-state index contributed by atoms with van der Waals surface area (Å²) in [5.74, 6) is -1.90. The molecule has 0 aromatic heterocycles. The van der Waals surface area contributed by atoms with Gasteiger partial charge in [-0.05, 0) is 49.2 Å². The van der Waals surface area contributed by atoms with Crippen LogP contribution in [0.5, 0.6) is 5.75 Å². The third kappa shape index (κ3) is 7.47. The highest BCUT2D eigenvalue weighted by Gasteiger charge is 2.41. The number of nitrogens with two attached hydrogens (primary N) is 1. The maximum Gasteiger partial charge on any atom is 0.420 e. The number of halogens is 7. The third-order valence-corrected chi connectivity index (χ3v) is 5.81. The van der Waals surface area contributed by atoms with E-state index in [9.17, 15) is 40.6 Å². The smallest absolute Gasteiger partial charge is 0.409 e. The molecule has 2 aromatic rings. The molecule has 1 atom stereocenters. The molecule has 0 spiro atoms. The van der Waals surface area contributed by atoms with Crippen molar-refractivity contribution >= 4 is 23.6 Å². The Labute approximate surface area is 218 Å². The molecule has 3 rings (SSSR count). The first-order valence-corrected chi connectivity index (χ1v) is 11.4. The van der Waals surface area contributed by atoms with Crippen LogP contribution in [0.1, 0.15) is 29.5 Å². The molecule has 1 heterocycles. The average Bonchev–Trinajstić information content (AvgIpc) is 2.86. The van der Waals surface area contributed by atoms with E-state index in [1.54, 1.807) is 0 Å². The Kier molecular flexibility index (Phi) is 8.91. The van der Waals surface area contributed by atoms with E-state index in [1.807, 2.05) is 0 Å². The van der Waals surface area contributed by atoms with E-state index < -0.39 is 57.9 Å². The number of aliphatic imine (C=N–C) groups is 1. The molecule has 3 N–H and O–H groups in total. The van der Waals surface area contributed by atoms with Gasteiger partial charge in [-0.3, -0.25) is 9.89 Å². The van der Waals surface area contributed by atoms with Crippen molar-refractivity contribution < 1.29 is 50.1 Å². The van der Waals surface area contributed by atoms with Crippen molar-refractivity contribution in [1.29, 1.82) is 0 Å². The lowest BCUT2D eigenvalue weighted by Gasteiger charge is -2.30. The van der Waals surface area contributed by atoms with Gasteiger partial charge in [0.1, 0.15) is 11.4 Å².